The Hall–Kier alpha value is -1.00. The topological polar surface area (TPSA) is 32.3 Å². The number of hydrogen-bond donors (Lipinski definition) is 1. The zero-order chi connectivity index (χ0) is 12.5. The summed E-state index contributed by atoms with van der Waals surface area (Å²) in [5.74, 6) is 0.310. The first-order valence-electron chi connectivity index (χ1n) is 6.51. The van der Waals surface area contributed by atoms with Gasteiger partial charge in [0, 0.05) is 30.6 Å². The molecule has 3 nitrogen and oxygen atoms in total. The molecule has 4 heteroatoms. The number of amides is 1. The lowest BCUT2D eigenvalue weighted by Gasteiger charge is -2.35. The molecule has 2 heterocycles. The van der Waals surface area contributed by atoms with Gasteiger partial charge in [0.15, 0.2) is 0 Å². The van der Waals surface area contributed by atoms with Crippen molar-refractivity contribution < 1.29 is 4.79 Å². The summed E-state index contributed by atoms with van der Waals surface area (Å²) in [4.78, 5) is 15.9. The third-order valence-corrected chi connectivity index (χ3v) is 5.01. The van der Waals surface area contributed by atoms with Crippen LogP contribution in [0.5, 0.6) is 0 Å². The molecule has 0 bridgehead atoms. The van der Waals surface area contributed by atoms with Crippen LogP contribution in [-0.4, -0.2) is 41.7 Å². The average Bonchev–Trinajstić information content (AvgIpc) is 2.82. The van der Waals surface area contributed by atoms with E-state index >= 15 is 0 Å². The van der Waals surface area contributed by atoms with Crippen LogP contribution in [0, 0.1) is 0 Å². The van der Waals surface area contributed by atoms with Crippen LogP contribution in [0.15, 0.2) is 29.2 Å². The lowest BCUT2D eigenvalue weighted by Crippen LogP contribution is -2.54. The van der Waals surface area contributed by atoms with Crippen molar-refractivity contribution in [1.29, 1.82) is 0 Å². The highest BCUT2D eigenvalue weighted by Gasteiger charge is 2.33. The number of benzene rings is 1. The van der Waals surface area contributed by atoms with Gasteiger partial charge in [-0.15, -0.1) is 11.8 Å². The molecule has 2 aliphatic rings. The molecule has 18 heavy (non-hydrogen) atoms. The lowest BCUT2D eigenvalue weighted by atomic mass is 10.1. The zero-order valence-electron chi connectivity index (χ0n) is 10.6. The van der Waals surface area contributed by atoms with Crippen molar-refractivity contribution in [3.05, 3.63) is 29.8 Å². The standard InChI is InChI=1S/C14H18N2OS/c1-10-9-15-6-7-16(10)14(17)13-8-11-4-2-3-5-12(11)18-13/h2-5,10,13,15H,6-9H2,1H3. The van der Waals surface area contributed by atoms with Gasteiger partial charge in [0.2, 0.25) is 5.91 Å². The van der Waals surface area contributed by atoms with Crippen molar-refractivity contribution in [3.8, 4) is 0 Å². The van der Waals surface area contributed by atoms with Gasteiger partial charge in [-0.05, 0) is 25.0 Å². The molecule has 2 aliphatic heterocycles. The molecule has 0 radical (unpaired) electrons. The Kier molecular flexibility index (Phi) is 3.31. The highest BCUT2D eigenvalue weighted by molar-refractivity contribution is 8.01. The molecule has 1 aromatic carbocycles. The predicted octanol–water partition coefficient (Wildman–Crippen LogP) is 1.52. The molecule has 2 unspecified atom stereocenters. The smallest absolute Gasteiger partial charge is 0.236 e. The fraction of sp³-hybridized carbons (Fsp3) is 0.500. The molecule has 0 spiro atoms. The number of fused-ring (bicyclic) bond motifs is 1. The summed E-state index contributed by atoms with van der Waals surface area (Å²) in [6.45, 7) is 4.79. The first-order chi connectivity index (χ1) is 8.75. The molecule has 0 aromatic heterocycles. The van der Waals surface area contributed by atoms with Gasteiger partial charge in [0.05, 0.1) is 5.25 Å². The van der Waals surface area contributed by atoms with E-state index in [0.29, 0.717) is 11.9 Å². The van der Waals surface area contributed by atoms with Crippen LogP contribution in [0.4, 0.5) is 0 Å². The molecule has 3 rings (SSSR count). The second-order valence-electron chi connectivity index (χ2n) is 5.00. The summed E-state index contributed by atoms with van der Waals surface area (Å²) in [5, 5.41) is 3.41. The van der Waals surface area contributed by atoms with E-state index < -0.39 is 0 Å². The van der Waals surface area contributed by atoms with Gasteiger partial charge in [-0.3, -0.25) is 4.79 Å². The Morgan fingerprint density at radius 3 is 3.06 bits per heavy atom. The van der Waals surface area contributed by atoms with Gasteiger partial charge in [0.25, 0.3) is 0 Å². The Morgan fingerprint density at radius 1 is 1.44 bits per heavy atom. The number of nitrogens with one attached hydrogen (secondary N) is 1. The Bertz CT molecular complexity index is 438. The predicted molar refractivity (Wildman–Crippen MR) is 73.8 cm³/mol. The van der Waals surface area contributed by atoms with E-state index in [1.807, 2.05) is 11.0 Å². The lowest BCUT2D eigenvalue weighted by molar-refractivity contribution is -0.133. The van der Waals surface area contributed by atoms with Crippen LogP contribution in [0.2, 0.25) is 0 Å². The number of nitrogens with zero attached hydrogens (tertiary/aromatic N) is 1. The second kappa shape index (κ2) is 4.94. The summed E-state index contributed by atoms with van der Waals surface area (Å²) in [5.41, 5.74) is 1.32. The Labute approximate surface area is 112 Å². The Balaban J connectivity index is 1.72. The monoisotopic (exact) mass is 262 g/mol. The molecule has 2 atom stereocenters. The largest absolute Gasteiger partial charge is 0.336 e. The number of carbonyl (C=O) groups excluding carboxylic acids is 1. The molecule has 1 amide bonds. The van der Waals surface area contributed by atoms with Gasteiger partial charge in [-0.2, -0.15) is 0 Å². The quantitative estimate of drug-likeness (QED) is 0.833. The third-order valence-electron chi connectivity index (χ3n) is 3.71. The minimum absolute atomic E-state index is 0.0861. The number of hydrogen-bond acceptors (Lipinski definition) is 3. The van der Waals surface area contributed by atoms with Crippen molar-refractivity contribution >= 4 is 17.7 Å². The summed E-state index contributed by atoms with van der Waals surface area (Å²) < 4.78 is 0. The number of carbonyl (C=O) groups is 1. The second-order valence-corrected chi connectivity index (χ2v) is 6.25. The maximum absolute atomic E-state index is 12.6. The third kappa shape index (κ3) is 2.15. The van der Waals surface area contributed by atoms with Crippen LogP contribution in [-0.2, 0) is 11.2 Å². The van der Waals surface area contributed by atoms with E-state index in [-0.39, 0.29) is 5.25 Å². The van der Waals surface area contributed by atoms with E-state index in [1.165, 1.54) is 10.5 Å². The summed E-state index contributed by atoms with van der Waals surface area (Å²) in [6.07, 6.45) is 0.885. The highest BCUT2D eigenvalue weighted by Crippen LogP contribution is 2.37. The normalized spacial score (nSPS) is 27.1. The van der Waals surface area contributed by atoms with E-state index in [2.05, 4.69) is 30.4 Å². The minimum Gasteiger partial charge on any atom is -0.336 e. The highest BCUT2D eigenvalue weighted by atomic mass is 32.2. The number of piperazine rings is 1. The fourth-order valence-corrected chi connectivity index (χ4v) is 3.94. The van der Waals surface area contributed by atoms with E-state index in [9.17, 15) is 4.79 Å². The van der Waals surface area contributed by atoms with Crippen molar-refractivity contribution in [2.75, 3.05) is 19.6 Å². The van der Waals surface area contributed by atoms with Crippen LogP contribution < -0.4 is 5.32 Å². The molecule has 1 fully saturated rings. The molecule has 96 valence electrons. The molecule has 1 aromatic rings. The van der Waals surface area contributed by atoms with Gasteiger partial charge in [-0.1, -0.05) is 18.2 Å². The Morgan fingerprint density at radius 2 is 2.28 bits per heavy atom. The van der Waals surface area contributed by atoms with Crippen LogP contribution in [0.3, 0.4) is 0 Å². The van der Waals surface area contributed by atoms with Gasteiger partial charge in [-0.25, -0.2) is 0 Å². The molecule has 1 saturated heterocycles. The van der Waals surface area contributed by atoms with Crippen molar-refractivity contribution in [2.45, 2.75) is 29.5 Å². The van der Waals surface area contributed by atoms with Gasteiger partial charge >= 0.3 is 0 Å². The van der Waals surface area contributed by atoms with E-state index in [4.69, 9.17) is 0 Å². The summed E-state index contributed by atoms with van der Waals surface area (Å²) in [7, 11) is 0. The van der Waals surface area contributed by atoms with Crippen molar-refractivity contribution in [1.82, 2.24) is 10.2 Å². The van der Waals surface area contributed by atoms with E-state index in [0.717, 1.165) is 26.1 Å². The van der Waals surface area contributed by atoms with Crippen LogP contribution in [0.1, 0.15) is 12.5 Å². The molecular weight excluding hydrogens is 244 g/mol. The first-order valence-corrected chi connectivity index (χ1v) is 7.39. The summed E-state index contributed by atoms with van der Waals surface area (Å²) >= 11 is 1.73. The van der Waals surface area contributed by atoms with Gasteiger partial charge < -0.3 is 10.2 Å². The number of thioether (sulfide) groups is 1. The average molecular weight is 262 g/mol. The maximum Gasteiger partial charge on any atom is 0.236 e. The minimum atomic E-state index is 0.0861. The molecule has 0 saturated carbocycles. The first kappa shape index (κ1) is 12.1. The van der Waals surface area contributed by atoms with Crippen molar-refractivity contribution in [2.24, 2.45) is 0 Å². The van der Waals surface area contributed by atoms with Crippen molar-refractivity contribution in [3.63, 3.8) is 0 Å². The van der Waals surface area contributed by atoms with Crippen LogP contribution in [0.25, 0.3) is 0 Å². The number of rotatable bonds is 1. The fourth-order valence-electron chi connectivity index (χ4n) is 2.67. The molecule has 0 aliphatic carbocycles. The summed E-state index contributed by atoms with van der Waals surface area (Å²) in [6, 6.07) is 8.67. The van der Waals surface area contributed by atoms with Gasteiger partial charge in [0.1, 0.15) is 0 Å². The van der Waals surface area contributed by atoms with Crippen LogP contribution >= 0.6 is 11.8 Å². The zero-order valence-corrected chi connectivity index (χ0v) is 11.4. The molecular formula is C14H18N2OS. The van der Waals surface area contributed by atoms with E-state index in [1.54, 1.807) is 11.8 Å². The SMILES string of the molecule is CC1CNCCN1C(=O)C1Cc2ccccc2S1. The molecule has 1 N–H and O–H groups in total. The maximum atomic E-state index is 12.6.